The Morgan fingerprint density at radius 3 is 2.69 bits per heavy atom. The van der Waals surface area contributed by atoms with Crippen LogP contribution in [-0.2, 0) is 0 Å². The molecule has 0 aromatic heterocycles. The van der Waals surface area contributed by atoms with Crippen molar-refractivity contribution in [3.63, 3.8) is 0 Å². The number of aliphatic hydroxyl groups excluding tert-OH is 1. The summed E-state index contributed by atoms with van der Waals surface area (Å²) in [5, 5.41) is 9.53. The fourth-order valence-corrected chi connectivity index (χ4v) is 2.23. The number of ether oxygens (including phenoxy) is 1. The summed E-state index contributed by atoms with van der Waals surface area (Å²) in [5.74, 6) is -2.13. The Morgan fingerprint density at radius 1 is 1.31 bits per heavy atom. The third-order valence-corrected chi connectivity index (χ3v) is 3.11. The van der Waals surface area contributed by atoms with Crippen LogP contribution in [0.1, 0.15) is 19.3 Å². The van der Waals surface area contributed by atoms with Gasteiger partial charge in [-0.3, -0.25) is 0 Å². The quantitative estimate of drug-likeness (QED) is 0.849. The minimum absolute atomic E-state index is 0.155. The second-order valence-corrected chi connectivity index (χ2v) is 4.77. The van der Waals surface area contributed by atoms with Crippen molar-refractivity contribution in [3.8, 4) is 5.75 Å². The maximum atomic E-state index is 13.4. The fourth-order valence-electron chi connectivity index (χ4n) is 1.83. The van der Waals surface area contributed by atoms with Crippen LogP contribution in [0.2, 0.25) is 0 Å². The van der Waals surface area contributed by atoms with Crippen molar-refractivity contribution in [2.24, 2.45) is 0 Å². The summed E-state index contributed by atoms with van der Waals surface area (Å²) in [4.78, 5) is 0. The number of halogens is 3. The smallest absolute Gasteiger partial charge is 0.200 e. The molecule has 1 aliphatic rings. The Hall–Kier alpha value is -0.680. The van der Waals surface area contributed by atoms with E-state index in [9.17, 15) is 13.9 Å². The Kier molecular flexibility index (Phi) is 3.44. The van der Waals surface area contributed by atoms with E-state index in [0.717, 1.165) is 12.5 Å². The van der Waals surface area contributed by atoms with Crippen LogP contribution in [0.5, 0.6) is 5.75 Å². The number of hydrogen-bond acceptors (Lipinski definition) is 2. The second kappa shape index (κ2) is 4.67. The summed E-state index contributed by atoms with van der Waals surface area (Å²) < 4.78 is 32.1. The van der Waals surface area contributed by atoms with Gasteiger partial charge < -0.3 is 9.84 Å². The van der Waals surface area contributed by atoms with Crippen molar-refractivity contribution < 1.29 is 18.6 Å². The third kappa shape index (κ3) is 2.35. The molecule has 0 bridgehead atoms. The highest BCUT2D eigenvalue weighted by atomic mass is 79.9. The molecule has 1 aromatic rings. The molecule has 0 radical (unpaired) electrons. The van der Waals surface area contributed by atoms with E-state index in [2.05, 4.69) is 15.9 Å². The number of rotatable bonds is 2. The first kappa shape index (κ1) is 11.8. The molecule has 16 heavy (non-hydrogen) atoms. The molecule has 2 nitrogen and oxygen atoms in total. The number of aliphatic hydroxyl groups is 1. The summed E-state index contributed by atoms with van der Waals surface area (Å²) in [6.07, 6.45) is 1.10. The van der Waals surface area contributed by atoms with E-state index in [4.69, 9.17) is 4.74 Å². The van der Waals surface area contributed by atoms with Gasteiger partial charge in [-0.2, -0.15) is 4.39 Å². The van der Waals surface area contributed by atoms with E-state index in [-0.39, 0.29) is 5.75 Å². The van der Waals surface area contributed by atoms with E-state index >= 15 is 0 Å². The molecule has 2 rings (SSSR count). The summed E-state index contributed by atoms with van der Waals surface area (Å²) >= 11 is 3.06. The number of hydrogen-bond donors (Lipinski definition) is 1. The van der Waals surface area contributed by atoms with Crippen LogP contribution >= 0.6 is 15.9 Å². The zero-order valence-corrected chi connectivity index (χ0v) is 10.0. The SMILES string of the molecule is O[C@@H]1CCC[C@H]1Oc1cc(Br)cc(F)c1F. The van der Waals surface area contributed by atoms with Gasteiger partial charge in [0.05, 0.1) is 6.10 Å². The molecule has 1 aliphatic carbocycles. The lowest BCUT2D eigenvalue weighted by Crippen LogP contribution is -2.26. The largest absolute Gasteiger partial charge is 0.484 e. The first-order chi connectivity index (χ1) is 7.58. The molecule has 0 heterocycles. The summed E-state index contributed by atoms with van der Waals surface area (Å²) in [6.45, 7) is 0. The van der Waals surface area contributed by atoms with Gasteiger partial charge in [0.25, 0.3) is 0 Å². The van der Waals surface area contributed by atoms with Gasteiger partial charge in [-0.05, 0) is 31.4 Å². The van der Waals surface area contributed by atoms with Crippen molar-refractivity contribution in [1.82, 2.24) is 0 Å². The molecule has 1 aromatic carbocycles. The Balaban J connectivity index is 2.20. The first-order valence-electron chi connectivity index (χ1n) is 5.07. The predicted octanol–water partition coefficient (Wildman–Crippen LogP) is 3.02. The van der Waals surface area contributed by atoms with Gasteiger partial charge in [0.2, 0.25) is 5.82 Å². The lowest BCUT2D eigenvalue weighted by atomic mass is 10.2. The first-order valence-corrected chi connectivity index (χ1v) is 5.86. The molecule has 1 fully saturated rings. The molecule has 0 saturated heterocycles. The molecular weight excluding hydrogens is 282 g/mol. The highest BCUT2D eigenvalue weighted by Gasteiger charge is 2.28. The topological polar surface area (TPSA) is 29.5 Å². The van der Waals surface area contributed by atoms with E-state index in [0.29, 0.717) is 17.3 Å². The van der Waals surface area contributed by atoms with Gasteiger partial charge in [-0.1, -0.05) is 15.9 Å². The zero-order valence-electron chi connectivity index (χ0n) is 8.42. The minimum Gasteiger partial charge on any atom is -0.484 e. The Labute approximate surface area is 100 Å². The van der Waals surface area contributed by atoms with Crippen molar-refractivity contribution in [2.45, 2.75) is 31.5 Å². The zero-order chi connectivity index (χ0) is 11.7. The van der Waals surface area contributed by atoms with Crippen molar-refractivity contribution in [3.05, 3.63) is 28.2 Å². The van der Waals surface area contributed by atoms with Crippen LogP contribution in [0.15, 0.2) is 16.6 Å². The van der Waals surface area contributed by atoms with Crippen LogP contribution in [0, 0.1) is 11.6 Å². The van der Waals surface area contributed by atoms with E-state index in [1.165, 1.54) is 6.07 Å². The summed E-state index contributed by atoms with van der Waals surface area (Å²) in [7, 11) is 0. The van der Waals surface area contributed by atoms with Crippen LogP contribution in [0.3, 0.4) is 0 Å². The molecule has 0 spiro atoms. The molecule has 0 aliphatic heterocycles. The average molecular weight is 293 g/mol. The minimum atomic E-state index is -1.01. The predicted molar refractivity (Wildman–Crippen MR) is 58.3 cm³/mol. The molecule has 0 unspecified atom stereocenters. The van der Waals surface area contributed by atoms with Crippen molar-refractivity contribution in [2.75, 3.05) is 0 Å². The van der Waals surface area contributed by atoms with Crippen LogP contribution in [-0.4, -0.2) is 17.3 Å². The standard InChI is InChI=1S/C11H11BrF2O2/c12-6-4-7(13)11(14)10(5-6)16-9-3-1-2-8(9)15/h4-5,8-9,15H,1-3H2/t8-,9-/m1/s1. The molecule has 1 N–H and O–H groups in total. The normalized spacial score (nSPS) is 24.8. The van der Waals surface area contributed by atoms with Gasteiger partial charge in [-0.25, -0.2) is 4.39 Å². The van der Waals surface area contributed by atoms with Crippen molar-refractivity contribution >= 4 is 15.9 Å². The van der Waals surface area contributed by atoms with Gasteiger partial charge in [0.1, 0.15) is 6.10 Å². The second-order valence-electron chi connectivity index (χ2n) is 3.85. The van der Waals surface area contributed by atoms with E-state index < -0.39 is 23.8 Å². The Bertz CT molecular complexity index is 398. The molecule has 2 atom stereocenters. The summed E-state index contributed by atoms with van der Waals surface area (Å²) in [6, 6.07) is 2.40. The molecule has 1 saturated carbocycles. The lowest BCUT2D eigenvalue weighted by Gasteiger charge is -2.17. The van der Waals surface area contributed by atoms with Crippen LogP contribution < -0.4 is 4.74 Å². The lowest BCUT2D eigenvalue weighted by molar-refractivity contribution is 0.0573. The van der Waals surface area contributed by atoms with Gasteiger partial charge in [0, 0.05) is 4.47 Å². The fraction of sp³-hybridized carbons (Fsp3) is 0.455. The maximum Gasteiger partial charge on any atom is 0.200 e. The van der Waals surface area contributed by atoms with Gasteiger partial charge >= 0.3 is 0 Å². The molecular formula is C11H11BrF2O2. The highest BCUT2D eigenvalue weighted by Crippen LogP contribution is 2.30. The molecule has 0 amide bonds. The monoisotopic (exact) mass is 292 g/mol. The Morgan fingerprint density at radius 2 is 2.06 bits per heavy atom. The van der Waals surface area contributed by atoms with Gasteiger partial charge in [-0.15, -0.1) is 0 Å². The highest BCUT2D eigenvalue weighted by molar-refractivity contribution is 9.10. The molecule has 5 heteroatoms. The molecule has 88 valence electrons. The van der Waals surface area contributed by atoms with Crippen molar-refractivity contribution in [1.29, 1.82) is 0 Å². The van der Waals surface area contributed by atoms with Gasteiger partial charge in [0.15, 0.2) is 11.6 Å². The third-order valence-electron chi connectivity index (χ3n) is 2.66. The van der Waals surface area contributed by atoms with E-state index in [1.807, 2.05) is 0 Å². The summed E-state index contributed by atoms with van der Waals surface area (Å²) in [5.41, 5.74) is 0. The maximum absolute atomic E-state index is 13.4. The number of benzene rings is 1. The van der Waals surface area contributed by atoms with E-state index in [1.54, 1.807) is 0 Å². The van der Waals surface area contributed by atoms with Crippen LogP contribution in [0.25, 0.3) is 0 Å². The average Bonchev–Trinajstić information content (AvgIpc) is 2.60. The van der Waals surface area contributed by atoms with Crippen LogP contribution in [0.4, 0.5) is 8.78 Å².